The van der Waals surface area contributed by atoms with Crippen LogP contribution >= 0.6 is 0 Å². The number of benzene rings is 1. The molecule has 1 aromatic carbocycles. The lowest BCUT2D eigenvalue weighted by atomic mass is 9.75. The molecular weight excluding hydrogens is 393 g/mol. The van der Waals surface area contributed by atoms with Crippen molar-refractivity contribution in [2.75, 3.05) is 7.11 Å². The fourth-order valence-electron chi connectivity index (χ4n) is 4.79. The van der Waals surface area contributed by atoms with Crippen molar-refractivity contribution < 1.29 is 13.9 Å². The SMILES string of the molecule is CC[C@H](NC(=O)c1ccc(OC)nc1)[C@H]1CC[C@@H](c2ccnc3c(F)cccc32)CC1. The third-order valence-electron chi connectivity index (χ3n) is 6.50. The van der Waals surface area contributed by atoms with Crippen LogP contribution in [-0.2, 0) is 0 Å². The average Bonchev–Trinajstić information content (AvgIpc) is 2.82. The van der Waals surface area contributed by atoms with Gasteiger partial charge in [-0.25, -0.2) is 9.37 Å². The number of hydrogen-bond donors (Lipinski definition) is 1. The third kappa shape index (κ3) is 4.53. The monoisotopic (exact) mass is 421 g/mol. The minimum Gasteiger partial charge on any atom is -0.481 e. The molecule has 1 atom stereocenters. The quantitative estimate of drug-likeness (QED) is 0.590. The summed E-state index contributed by atoms with van der Waals surface area (Å²) in [6, 6.07) is 10.8. The number of nitrogens with zero attached hydrogens (tertiary/aromatic N) is 2. The molecule has 0 unspecified atom stereocenters. The Kier molecular flexibility index (Phi) is 6.44. The van der Waals surface area contributed by atoms with Gasteiger partial charge in [0.25, 0.3) is 5.91 Å². The molecule has 1 aliphatic rings. The molecule has 1 aliphatic carbocycles. The van der Waals surface area contributed by atoms with Crippen molar-refractivity contribution in [1.29, 1.82) is 0 Å². The van der Waals surface area contributed by atoms with E-state index in [-0.39, 0.29) is 17.8 Å². The van der Waals surface area contributed by atoms with Crippen LogP contribution in [0.15, 0.2) is 48.8 Å². The van der Waals surface area contributed by atoms with Crippen molar-refractivity contribution in [1.82, 2.24) is 15.3 Å². The molecule has 2 aromatic heterocycles. The van der Waals surface area contributed by atoms with Crippen molar-refractivity contribution in [3.05, 3.63) is 65.7 Å². The minimum atomic E-state index is -0.269. The van der Waals surface area contributed by atoms with Gasteiger partial charge in [0, 0.05) is 29.9 Å². The van der Waals surface area contributed by atoms with Gasteiger partial charge in [-0.15, -0.1) is 0 Å². The van der Waals surface area contributed by atoms with Gasteiger partial charge in [0.1, 0.15) is 11.3 Å². The number of amides is 1. The molecule has 0 radical (unpaired) electrons. The Labute approximate surface area is 182 Å². The Morgan fingerprint density at radius 3 is 2.65 bits per heavy atom. The maximum atomic E-state index is 14.1. The van der Waals surface area contributed by atoms with Crippen LogP contribution in [0.1, 0.15) is 60.9 Å². The number of carbonyl (C=O) groups is 1. The number of pyridine rings is 2. The summed E-state index contributed by atoms with van der Waals surface area (Å²) >= 11 is 0. The second-order valence-corrected chi connectivity index (χ2v) is 8.23. The van der Waals surface area contributed by atoms with Crippen molar-refractivity contribution in [3.63, 3.8) is 0 Å². The molecule has 5 nitrogen and oxygen atoms in total. The summed E-state index contributed by atoms with van der Waals surface area (Å²) < 4.78 is 19.2. The zero-order valence-electron chi connectivity index (χ0n) is 18.0. The van der Waals surface area contributed by atoms with E-state index in [0.29, 0.717) is 28.8 Å². The van der Waals surface area contributed by atoms with Gasteiger partial charge in [0.2, 0.25) is 5.88 Å². The molecule has 1 amide bonds. The molecule has 0 saturated heterocycles. The van der Waals surface area contributed by atoms with E-state index in [1.807, 2.05) is 12.1 Å². The Bertz CT molecular complexity index is 1050. The van der Waals surface area contributed by atoms with Crippen LogP contribution in [-0.4, -0.2) is 29.0 Å². The van der Waals surface area contributed by atoms with E-state index in [2.05, 4.69) is 22.2 Å². The van der Waals surface area contributed by atoms with Gasteiger partial charge in [0.05, 0.1) is 12.7 Å². The largest absolute Gasteiger partial charge is 0.481 e. The lowest BCUT2D eigenvalue weighted by Crippen LogP contribution is -2.41. The van der Waals surface area contributed by atoms with Gasteiger partial charge in [0.15, 0.2) is 0 Å². The zero-order valence-corrected chi connectivity index (χ0v) is 18.0. The van der Waals surface area contributed by atoms with E-state index in [1.165, 1.54) is 11.6 Å². The smallest absolute Gasteiger partial charge is 0.253 e. The second-order valence-electron chi connectivity index (χ2n) is 8.23. The Morgan fingerprint density at radius 2 is 1.97 bits per heavy atom. The molecule has 1 N–H and O–H groups in total. The average molecular weight is 422 g/mol. The van der Waals surface area contributed by atoms with Gasteiger partial charge in [-0.2, -0.15) is 0 Å². The van der Waals surface area contributed by atoms with Crippen LogP contribution in [0.25, 0.3) is 10.9 Å². The number of methoxy groups -OCH3 is 1. The lowest BCUT2D eigenvalue weighted by molar-refractivity contribution is 0.0909. The fraction of sp³-hybridized carbons (Fsp3) is 0.400. The molecular formula is C25H28FN3O2. The maximum Gasteiger partial charge on any atom is 0.253 e. The first-order valence-corrected chi connectivity index (χ1v) is 10.9. The number of carbonyl (C=O) groups excluding carboxylic acids is 1. The van der Waals surface area contributed by atoms with Crippen molar-refractivity contribution >= 4 is 16.8 Å². The van der Waals surface area contributed by atoms with E-state index in [1.54, 1.807) is 37.7 Å². The summed E-state index contributed by atoms with van der Waals surface area (Å²) in [5.74, 6) is 0.948. The number of aromatic nitrogens is 2. The van der Waals surface area contributed by atoms with Crippen LogP contribution in [0, 0.1) is 11.7 Å². The van der Waals surface area contributed by atoms with Gasteiger partial charge < -0.3 is 10.1 Å². The van der Waals surface area contributed by atoms with Crippen molar-refractivity contribution in [3.8, 4) is 5.88 Å². The number of rotatable bonds is 6. The zero-order chi connectivity index (χ0) is 21.8. The van der Waals surface area contributed by atoms with Gasteiger partial charge in [-0.05, 0) is 67.7 Å². The summed E-state index contributed by atoms with van der Waals surface area (Å²) in [5.41, 5.74) is 2.18. The van der Waals surface area contributed by atoms with E-state index < -0.39 is 0 Å². The summed E-state index contributed by atoms with van der Waals surface area (Å²) in [6.07, 6.45) is 8.25. The standard InChI is InChI=1S/C25H28FN3O2/c1-3-22(29-25(30)18-11-12-23(31-2)28-15-18)17-9-7-16(8-10-17)19-13-14-27-24-20(19)5-4-6-21(24)26/h4-6,11-17,22H,3,7-10H2,1-2H3,(H,29,30)/t16-,17+,22-/m0/s1. The van der Waals surface area contributed by atoms with Crippen LogP contribution in [0.4, 0.5) is 4.39 Å². The number of ether oxygens (including phenoxy) is 1. The fourth-order valence-corrected chi connectivity index (χ4v) is 4.79. The predicted molar refractivity (Wildman–Crippen MR) is 119 cm³/mol. The number of fused-ring (bicyclic) bond motifs is 1. The van der Waals surface area contributed by atoms with Crippen LogP contribution in [0.2, 0.25) is 0 Å². The topological polar surface area (TPSA) is 64.1 Å². The molecule has 31 heavy (non-hydrogen) atoms. The Morgan fingerprint density at radius 1 is 1.16 bits per heavy atom. The van der Waals surface area contributed by atoms with Crippen molar-refractivity contribution in [2.45, 2.75) is 51.0 Å². The molecule has 1 fully saturated rings. The Balaban J connectivity index is 1.41. The molecule has 0 aliphatic heterocycles. The second kappa shape index (κ2) is 9.41. The molecule has 162 valence electrons. The van der Waals surface area contributed by atoms with E-state index in [9.17, 15) is 9.18 Å². The number of para-hydroxylation sites is 1. The molecule has 0 spiro atoms. The van der Waals surface area contributed by atoms with Crippen LogP contribution < -0.4 is 10.1 Å². The Hall–Kier alpha value is -3.02. The molecule has 6 heteroatoms. The van der Waals surface area contributed by atoms with Crippen LogP contribution in [0.5, 0.6) is 5.88 Å². The highest BCUT2D eigenvalue weighted by molar-refractivity contribution is 5.94. The van der Waals surface area contributed by atoms with Gasteiger partial charge in [-0.3, -0.25) is 9.78 Å². The minimum absolute atomic E-state index is 0.0975. The predicted octanol–water partition coefficient (Wildman–Crippen LogP) is 5.26. The highest BCUT2D eigenvalue weighted by Gasteiger charge is 2.29. The molecule has 1 saturated carbocycles. The number of hydrogen-bond acceptors (Lipinski definition) is 4. The third-order valence-corrected chi connectivity index (χ3v) is 6.50. The summed E-state index contributed by atoms with van der Waals surface area (Å²) in [7, 11) is 1.55. The first-order chi connectivity index (χ1) is 15.1. The normalized spacial score (nSPS) is 19.7. The first-order valence-electron chi connectivity index (χ1n) is 10.9. The molecule has 4 rings (SSSR count). The summed E-state index contributed by atoms with van der Waals surface area (Å²) in [4.78, 5) is 21.0. The molecule has 3 aromatic rings. The summed E-state index contributed by atoms with van der Waals surface area (Å²) in [5, 5.41) is 4.12. The molecule has 2 heterocycles. The van der Waals surface area contributed by atoms with Crippen LogP contribution in [0.3, 0.4) is 0 Å². The van der Waals surface area contributed by atoms with E-state index >= 15 is 0 Å². The molecule has 0 bridgehead atoms. The van der Waals surface area contributed by atoms with Crippen molar-refractivity contribution in [2.24, 2.45) is 5.92 Å². The number of nitrogens with one attached hydrogen (secondary N) is 1. The van der Waals surface area contributed by atoms with E-state index in [0.717, 1.165) is 37.5 Å². The highest BCUT2D eigenvalue weighted by atomic mass is 19.1. The van der Waals surface area contributed by atoms with Gasteiger partial charge >= 0.3 is 0 Å². The number of halogens is 1. The summed E-state index contributed by atoms with van der Waals surface area (Å²) in [6.45, 7) is 2.11. The first kappa shape index (κ1) is 21.2. The maximum absolute atomic E-state index is 14.1. The van der Waals surface area contributed by atoms with E-state index in [4.69, 9.17) is 4.74 Å². The lowest BCUT2D eigenvalue weighted by Gasteiger charge is -2.34. The van der Waals surface area contributed by atoms with Gasteiger partial charge in [-0.1, -0.05) is 19.1 Å². The highest BCUT2D eigenvalue weighted by Crippen LogP contribution is 2.40.